The topological polar surface area (TPSA) is 237 Å². The van der Waals surface area contributed by atoms with Gasteiger partial charge in [-0.15, -0.1) is 0 Å². The summed E-state index contributed by atoms with van der Waals surface area (Å²) < 4.78 is 68.5. The van der Waals surface area contributed by atoms with Gasteiger partial charge in [0.15, 0.2) is 12.2 Å². The normalized spacial score (nSPS) is 14.5. The van der Waals surface area contributed by atoms with E-state index in [9.17, 15) is 43.2 Å². The molecule has 0 aromatic heterocycles. The number of esters is 4. The van der Waals surface area contributed by atoms with E-state index < -0.39 is 97.5 Å². The Balaban J connectivity index is 5.39. The van der Waals surface area contributed by atoms with Crippen LogP contribution < -0.4 is 0 Å². The monoisotopic (exact) mass is 1450 g/mol. The largest absolute Gasteiger partial charge is 0.472 e. The van der Waals surface area contributed by atoms with Gasteiger partial charge in [0.1, 0.15) is 19.3 Å². The summed E-state index contributed by atoms with van der Waals surface area (Å²) in [6.45, 7) is 4.58. The Hall–Kier alpha value is -4.28. The van der Waals surface area contributed by atoms with E-state index >= 15 is 0 Å². The molecule has 0 aliphatic rings. The Morgan fingerprint density at radius 3 is 0.830 bits per heavy atom. The molecule has 0 aromatic rings. The van der Waals surface area contributed by atoms with E-state index in [-0.39, 0.29) is 25.7 Å². The molecule has 0 saturated heterocycles. The number of rotatable bonds is 73. The molecule has 0 aromatic carbocycles. The van der Waals surface area contributed by atoms with Crippen LogP contribution in [0.5, 0.6) is 0 Å². The molecule has 19 heteroatoms. The number of hydrogen-bond donors (Lipinski definition) is 3. The van der Waals surface area contributed by atoms with Crippen molar-refractivity contribution in [3.05, 3.63) is 109 Å². The van der Waals surface area contributed by atoms with Gasteiger partial charge in [-0.2, -0.15) is 0 Å². The van der Waals surface area contributed by atoms with Gasteiger partial charge in [-0.25, -0.2) is 9.13 Å². The molecule has 3 N–H and O–H groups in total. The molecule has 0 heterocycles. The van der Waals surface area contributed by atoms with Crippen molar-refractivity contribution in [1.29, 1.82) is 0 Å². The first-order valence-electron chi connectivity index (χ1n) is 39.1. The van der Waals surface area contributed by atoms with Gasteiger partial charge in [-0.1, -0.05) is 259 Å². The van der Waals surface area contributed by atoms with Crippen LogP contribution in [0.3, 0.4) is 0 Å². The van der Waals surface area contributed by atoms with E-state index in [0.29, 0.717) is 25.7 Å². The molecule has 0 saturated carbocycles. The summed E-state index contributed by atoms with van der Waals surface area (Å²) in [4.78, 5) is 72.9. The third-order valence-corrected chi connectivity index (χ3v) is 18.1. The van der Waals surface area contributed by atoms with E-state index in [1.807, 2.05) is 0 Å². The Morgan fingerprint density at radius 2 is 0.520 bits per heavy atom. The summed E-state index contributed by atoms with van der Waals surface area (Å²) in [7, 11) is -9.97. The number of aliphatic hydroxyl groups excluding tert-OH is 1. The van der Waals surface area contributed by atoms with Gasteiger partial charge in [0, 0.05) is 25.7 Å². The van der Waals surface area contributed by atoms with Crippen molar-refractivity contribution in [3.8, 4) is 0 Å². The number of carbonyl (C=O) groups excluding carboxylic acids is 4. The summed E-state index contributed by atoms with van der Waals surface area (Å²) in [5.41, 5.74) is 0. The Kier molecular flexibility index (Phi) is 69.9. The highest BCUT2D eigenvalue weighted by molar-refractivity contribution is 7.47. The molecule has 17 nitrogen and oxygen atoms in total. The maximum Gasteiger partial charge on any atom is 0.472 e. The molecule has 5 unspecified atom stereocenters. The van der Waals surface area contributed by atoms with Crippen LogP contribution in [0.25, 0.3) is 0 Å². The van der Waals surface area contributed by atoms with Crippen molar-refractivity contribution >= 4 is 39.5 Å². The van der Waals surface area contributed by atoms with Gasteiger partial charge < -0.3 is 33.8 Å². The Bertz CT molecular complexity index is 2320. The minimum atomic E-state index is -4.98. The van der Waals surface area contributed by atoms with Gasteiger partial charge in [-0.05, 0) is 148 Å². The first kappa shape index (κ1) is 95.7. The zero-order valence-electron chi connectivity index (χ0n) is 62.8. The second-order valence-electron chi connectivity index (χ2n) is 25.9. The lowest BCUT2D eigenvalue weighted by molar-refractivity contribution is -0.161. The summed E-state index contributed by atoms with van der Waals surface area (Å²) in [5.74, 6) is -2.23. The molecule has 0 aliphatic heterocycles. The summed E-state index contributed by atoms with van der Waals surface area (Å²) in [5, 5.41) is 10.6. The molecule has 0 bridgehead atoms. The maximum atomic E-state index is 13.1. The average molecular weight is 1450 g/mol. The zero-order chi connectivity index (χ0) is 73.2. The van der Waals surface area contributed by atoms with Crippen LogP contribution >= 0.6 is 15.6 Å². The van der Waals surface area contributed by atoms with Gasteiger partial charge in [0.05, 0.1) is 26.4 Å². The molecule has 0 radical (unpaired) electrons. The smallest absolute Gasteiger partial charge is 0.462 e. The number of aliphatic hydroxyl groups is 1. The summed E-state index contributed by atoms with van der Waals surface area (Å²) in [6, 6.07) is 0. The minimum absolute atomic E-state index is 0.0737. The quantitative estimate of drug-likeness (QED) is 0.0169. The highest BCUT2D eigenvalue weighted by atomic mass is 31.2. The lowest BCUT2D eigenvalue weighted by Crippen LogP contribution is -2.30. The molecule has 5 atom stereocenters. The number of hydrogen-bond acceptors (Lipinski definition) is 15. The predicted octanol–water partition coefficient (Wildman–Crippen LogP) is 22.6. The van der Waals surface area contributed by atoms with Crippen molar-refractivity contribution in [2.45, 2.75) is 341 Å². The van der Waals surface area contributed by atoms with Crippen LogP contribution in [0.15, 0.2) is 109 Å². The first-order valence-corrected chi connectivity index (χ1v) is 42.1. The number of phosphoric ester groups is 2. The van der Waals surface area contributed by atoms with E-state index in [2.05, 4.69) is 137 Å². The molecule has 0 amide bonds. The fraction of sp³-hybridized carbons (Fsp3) is 0.728. The minimum Gasteiger partial charge on any atom is -0.462 e. The molecule has 0 fully saturated rings. The number of carbonyl (C=O) groups is 4. The van der Waals surface area contributed by atoms with Crippen LogP contribution in [0.2, 0.25) is 0 Å². The fourth-order valence-corrected chi connectivity index (χ4v) is 11.9. The van der Waals surface area contributed by atoms with Gasteiger partial charge >= 0.3 is 39.5 Å². The van der Waals surface area contributed by atoms with Crippen LogP contribution in [0.1, 0.15) is 323 Å². The third kappa shape index (κ3) is 72.1. The van der Waals surface area contributed by atoms with Crippen molar-refractivity contribution in [2.75, 3.05) is 39.6 Å². The summed E-state index contributed by atoms with van der Waals surface area (Å²) in [6.07, 6.45) is 77.8. The van der Waals surface area contributed by atoms with Crippen LogP contribution in [0.4, 0.5) is 0 Å². The van der Waals surface area contributed by atoms with Crippen molar-refractivity contribution in [3.63, 3.8) is 0 Å². The number of phosphoric acid groups is 2. The van der Waals surface area contributed by atoms with Crippen LogP contribution in [0, 0.1) is 0 Å². The average Bonchev–Trinajstić information content (AvgIpc) is 1.01. The van der Waals surface area contributed by atoms with Gasteiger partial charge in [-0.3, -0.25) is 37.3 Å². The second kappa shape index (κ2) is 73.0. The van der Waals surface area contributed by atoms with E-state index in [0.717, 1.165) is 186 Å². The highest BCUT2D eigenvalue weighted by Gasteiger charge is 2.30. The summed E-state index contributed by atoms with van der Waals surface area (Å²) >= 11 is 0. The molecule has 0 aliphatic carbocycles. The van der Waals surface area contributed by atoms with E-state index in [1.54, 1.807) is 0 Å². The molecule has 0 rings (SSSR count). The second-order valence-corrected chi connectivity index (χ2v) is 28.8. The third-order valence-electron chi connectivity index (χ3n) is 16.2. The van der Waals surface area contributed by atoms with E-state index in [4.69, 9.17) is 37.0 Å². The van der Waals surface area contributed by atoms with Gasteiger partial charge in [0.25, 0.3) is 0 Å². The molecule has 576 valence electrons. The Morgan fingerprint density at radius 1 is 0.290 bits per heavy atom. The van der Waals surface area contributed by atoms with Crippen molar-refractivity contribution in [1.82, 2.24) is 0 Å². The van der Waals surface area contributed by atoms with Crippen molar-refractivity contribution in [2.24, 2.45) is 0 Å². The molecular formula is C81H140O17P2. The Labute approximate surface area is 607 Å². The highest BCUT2D eigenvalue weighted by Crippen LogP contribution is 2.45. The lowest BCUT2D eigenvalue weighted by atomic mass is 10.1. The van der Waals surface area contributed by atoms with Crippen LogP contribution in [-0.4, -0.2) is 96.7 Å². The molecule has 0 spiro atoms. The number of unbranched alkanes of at least 4 members (excludes halogenated alkanes) is 29. The van der Waals surface area contributed by atoms with E-state index in [1.165, 1.54) is 57.8 Å². The lowest BCUT2D eigenvalue weighted by Gasteiger charge is -2.21. The first-order chi connectivity index (χ1) is 48.7. The van der Waals surface area contributed by atoms with Gasteiger partial charge in [0.2, 0.25) is 0 Å². The SMILES string of the molecule is CC/C=C\C/C=C\C/C=C\CCCCCCCC(=O)OCC(COP(=O)(O)OCC(O)COP(=O)(O)OCC(COC(=O)CCCCCCC/C=C\C/C=C\C/C=C\CC)OC(=O)CCCCCCC/C=C\CCCCCCCC)OC(=O)CCCCCCC/C=C\C/C=C\CCCCC. The molecular weight excluding hydrogens is 1310 g/mol. The number of ether oxygens (including phenoxy) is 4. The van der Waals surface area contributed by atoms with Crippen LogP contribution in [-0.2, 0) is 65.4 Å². The standard InChI is InChI=1S/C81H140O17P2/c1-5-9-13-17-21-25-29-33-37-41-45-49-53-57-61-65-78(83)91-71-76(97-80(85)67-63-59-55-51-47-43-39-35-31-27-23-19-15-11-7-3)73-95-99(87,88)93-69-75(82)70-94-100(89,90)96-74-77(98-81(86)68-64-60-56-52-48-44-40-36-32-28-24-20-16-12-8-4)72-92-79(84)66-62-58-54-50-46-42-38-34-30-26-22-18-14-10-6-2/h9-10,13-14,21-23,25-27,33-40,75-77,82H,5-8,11-12,15-20,24,28-32,41-74H2,1-4H3,(H,87,88)(H,89,90)/b13-9-,14-10-,25-21-,26-22-,27-23-,37-33-,38-34-,39-35-,40-36-. The fourth-order valence-electron chi connectivity index (χ4n) is 10.3. The molecule has 100 heavy (non-hydrogen) atoms. The maximum absolute atomic E-state index is 13.1. The number of allylic oxidation sites excluding steroid dienone is 18. The predicted molar refractivity (Wildman–Crippen MR) is 408 cm³/mol. The zero-order valence-corrected chi connectivity index (χ0v) is 64.6. The van der Waals surface area contributed by atoms with Crippen molar-refractivity contribution < 1.29 is 80.2 Å².